The minimum Gasteiger partial charge on any atom is -0.424 e. The first kappa shape index (κ1) is 12.1. The molecule has 0 aliphatic rings. The zero-order chi connectivity index (χ0) is 11.1. The number of aryl methyl sites for hydroxylation is 1. The molecule has 0 aromatic carbocycles. The van der Waals surface area contributed by atoms with Gasteiger partial charge in [-0.3, -0.25) is 0 Å². The van der Waals surface area contributed by atoms with E-state index in [1.807, 2.05) is 20.9 Å². The number of rotatable bonds is 7. The molecule has 0 bridgehead atoms. The number of aromatic nitrogens is 2. The van der Waals surface area contributed by atoms with Gasteiger partial charge in [0.25, 0.3) is 0 Å². The summed E-state index contributed by atoms with van der Waals surface area (Å²) >= 11 is 0. The number of hydrogen-bond donors (Lipinski definition) is 1. The highest BCUT2D eigenvalue weighted by Crippen LogP contribution is 2.10. The molecule has 0 aliphatic carbocycles. The predicted octanol–water partition coefficient (Wildman–Crippen LogP) is 1.32. The molecule has 1 aromatic heterocycles. The van der Waals surface area contributed by atoms with Gasteiger partial charge < -0.3 is 14.5 Å². The first-order chi connectivity index (χ1) is 7.27. The topological polar surface area (TPSA) is 60.2 Å². The van der Waals surface area contributed by atoms with Crippen molar-refractivity contribution in [3.05, 3.63) is 11.8 Å². The van der Waals surface area contributed by atoms with Crippen LogP contribution in [-0.2, 0) is 11.2 Å². The van der Waals surface area contributed by atoms with E-state index in [9.17, 15) is 0 Å². The van der Waals surface area contributed by atoms with Gasteiger partial charge in [0.15, 0.2) is 0 Å². The van der Waals surface area contributed by atoms with Crippen molar-refractivity contribution in [2.45, 2.75) is 32.7 Å². The van der Waals surface area contributed by atoms with Crippen molar-refractivity contribution < 1.29 is 9.15 Å². The van der Waals surface area contributed by atoms with Gasteiger partial charge in [-0.15, -0.1) is 10.2 Å². The van der Waals surface area contributed by atoms with Gasteiger partial charge in [0.05, 0.1) is 6.04 Å². The minimum atomic E-state index is 0.109. The van der Waals surface area contributed by atoms with Crippen molar-refractivity contribution in [2.75, 3.05) is 20.3 Å². The highest BCUT2D eigenvalue weighted by Gasteiger charge is 2.11. The van der Waals surface area contributed by atoms with E-state index in [4.69, 9.17) is 9.15 Å². The second-order valence-electron chi connectivity index (χ2n) is 3.34. The summed E-state index contributed by atoms with van der Waals surface area (Å²) in [5.74, 6) is 1.33. The van der Waals surface area contributed by atoms with Crippen LogP contribution in [0.4, 0.5) is 0 Å². The average molecular weight is 213 g/mol. The molecular weight excluding hydrogens is 194 g/mol. The maximum Gasteiger partial charge on any atom is 0.233 e. The van der Waals surface area contributed by atoms with Gasteiger partial charge in [-0.2, -0.15) is 0 Å². The Balaban J connectivity index is 2.33. The lowest BCUT2D eigenvalue weighted by atomic mass is 10.3. The van der Waals surface area contributed by atoms with E-state index >= 15 is 0 Å². The van der Waals surface area contributed by atoms with Crippen molar-refractivity contribution in [2.24, 2.45) is 0 Å². The van der Waals surface area contributed by atoms with Crippen LogP contribution >= 0.6 is 0 Å². The van der Waals surface area contributed by atoms with E-state index in [0.717, 1.165) is 26.1 Å². The van der Waals surface area contributed by atoms with E-state index in [1.165, 1.54) is 0 Å². The summed E-state index contributed by atoms with van der Waals surface area (Å²) < 4.78 is 10.7. The van der Waals surface area contributed by atoms with Crippen LogP contribution in [0.3, 0.4) is 0 Å². The maximum absolute atomic E-state index is 5.48. The van der Waals surface area contributed by atoms with E-state index in [1.54, 1.807) is 0 Å². The molecule has 0 spiro atoms. The number of ether oxygens (including phenoxy) is 1. The second-order valence-corrected chi connectivity index (χ2v) is 3.34. The Labute approximate surface area is 90.2 Å². The summed E-state index contributed by atoms with van der Waals surface area (Å²) in [6.07, 6.45) is 1.70. The minimum absolute atomic E-state index is 0.109. The molecule has 5 heteroatoms. The fourth-order valence-corrected chi connectivity index (χ4v) is 1.14. The molecule has 0 amide bonds. The number of hydrogen-bond acceptors (Lipinski definition) is 5. The lowest BCUT2D eigenvalue weighted by molar-refractivity contribution is 0.143. The van der Waals surface area contributed by atoms with Crippen molar-refractivity contribution in [3.63, 3.8) is 0 Å². The van der Waals surface area contributed by atoms with Crippen LogP contribution in [0.1, 0.15) is 38.1 Å². The third kappa shape index (κ3) is 3.97. The Morgan fingerprint density at radius 2 is 2.27 bits per heavy atom. The molecule has 86 valence electrons. The lowest BCUT2D eigenvalue weighted by Gasteiger charge is -2.02. The molecule has 5 nitrogen and oxygen atoms in total. The quantitative estimate of drug-likeness (QED) is 0.692. The molecule has 0 fully saturated rings. The van der Waals surface area contributed by atoms with Crippen LogP contribution in [-0.4, -0.2) is 30.5 Å². The Morgan fingerprint density at radius 3 is 2.93 bits per heavy atom. The lowest BCUT2D eigenvalue weighted by Crippen LogP contribution is -2.12. The van der Waals surface area contributed by atoms with Gasteiger partial charge in [-0.05, 0) is 27.3 Å². The van der Waals surface area contributed by atoms with E-state index < -0.39 is 0 Å². The molecule has 1 atom stereocenters. The summed E-state index contributed by atoms with van der Waals surface area (Å²) in [4.78, 5) is 0. The van der Waals surface area contributed by atoms with Gasteiger partial charge in [-0.1, -0.05) is 0 Å². The molecule has 0 aliphatic heterocycles. The Kier molecular flexibility index (Phi) is 5.28. The molecule has 1 unspecified atom stereocenters. The Morgan fingerprint density at radius 1 is 1.47 bits per heavy atom. The predicted molar refractivity (Wildman–Crippen MR) is 56.6 cm³/mol. The summed E-state index contributed by atoms with van der Waals surface area (Å²) in [6.45, 7) is 5.47. The van der Waals surface area contributed by atoms with Crippen LogP contribution in [0.5, 0.6) is 0 Å². The summed E-state index contributed by atoms with van der Waals surface area (Å²) in [5.41, 5.74) is 0. The smallest absolute Gasteiger partial charge is 0.233 e. The van der Waals surface area contributed by atoms with Gasteiger partial charge >= 0.3 is 0 Å². The van der Waals surface area contributed by atoms with Gasteiger partial charge in [0.1, 0.15) is 0 Å². The third-order valence-corrected chi connectivity index (χ3v) is 2.17. The van der Waals surface area contributed by atoms with Crippen LogP contribution in [0.2, 0.25) is 0 Å². The second kappa shape index (κ2) is 6.53. The van der Waals surface area contributed by atoms with Gasteiger partial charge in [0.2, 0.25) is 11.8 Å². The standard InChI is InChI=1S/C10H19N3O2/c1-4-14-7-5-6-9-12-13-10(15-9)8(2)11-3/h8,11H,4-7H2,1-3H3. The van der Waals surface area contributed by atoms with Crippen LogP contribution in [0.25, 0.3) is 0 Å². The van der Waals surface area contributed by atoms with E-state index in [-0.39, 0.29) is 6.04 Å². The highest BCUT2D eigenvalue weighted by atomic mass is 16.5. The summed E-state index contributed by atoms with van der Waals surface area (Å²) in [7, 11) is 1.86. The van der Waals surface area contributed by atoms with Crippen LogP contribution in [0.15, 0.2) is 4.42 Å². The zero-order valence-electron chi connectivity index (χ0n) is 9.62. The first-order valence-corrected chi connectivity index (χ1v) is 5.35. The fraction of sp³-hybridized carbons (Fsp3) is 0.800. The molecule has 1 rings (SSSR count). The van der Waals surface area contributed by atoms with E-state index in [2.05, 4.69) is 15.5 Å². The molecule has 1 N–H and O–H groups in total. The monoisotopic (exact) mass is 213 g/mol. The summed E-state index contributed by atoms with van der Waals surface area (Å²) in [6, 6.07) is 0.109. The van der Waals surface area contributed by atoms with E-state index in [0.29, 0.717) is 11.8 Å². The van der Waals surface area contributed by atoms with Gasteiger partial charge in [-0.25, -0.2) is 0 Å². The third-order valence-electron chi connectivity index (χ3n) is 2.17. The number of nitrogens with one attached hydrogen (secondary N) is 1. The zero-order valence-corrected chi connectivity index (χ0v) is 9.62. The maximum atomic E-state index is 5.48. The number of nitrogens with zero attached hydrogens (tertiary/aromatic N) is 2. The largest absolute Gasteiger partial charge is 0.424 e. The van der Waals surface area contributed by atoms with Gasteiger partial charge in [0, 0.05) is 19.6 Å². The molecule has 0 saturated heterocycles. The molecule has 1 heterocycles. The average Bonchev–Trinajstić information content (AvgIpc) is 2.72. The SMILES string of the molecule is CCOCCCc1nnc(C(C)NC)o1. The molecule has 0 radical (unpaired) electrons. The molecular formula is C10H19N3O2. The molecule has 0 saturated carbocycles. The van der Waals surface area contributed by atoms with Crippen LogP contribution < -0.4 is 5.32 Å². The fourth-order valence-electron chi connectivity index (χ4n) is 1.14. The Hall–Kier alpha value is -0.940. The van der Waals surface area contributed by atoms with Crippen molar-refractivity contribution in [1.82, 2.24) is 15.5 Å². The van der Waals surface area contributed by atoms with Crippen molar-refractivity contribution in [3.8, 4) is 0 Å². The highest BCUT2D eigenvalue weighted by molar-refractivity contribution is 4.87. The first-order valence-electron chi connectivity index (χ1n) is 5.35. The van der Waals surface area contributed by atoms with Crippen molar-refractivity contribution >= 4 is 0 Å². The van der Waals surface area contributed by atoms with Crippen LogP contribution in [0, 0.1) is 0 Å². The molecule has 1 aromatic rings. The normalized spacial score (nSPS) is 13.0. The molecule has 15 heavy (non-hydrogen) atoms. The summed E-state index contributed by atoms with van der Waals surface area (Å²) in [5, 5.41) is 11.0. The van der Waals surface area contributed by atoms with Crippen molar-refractivity contribution in [1.29, 1.82) is 0 Å². The Bertz CT molecular complexity index is 275.